The van der Waals surface area contributed by atoms with Crippen LogP contribution in [-0.2, 0) is 9.53 Å². The van der Waals surface area contributed by atoms with Crippen LogP contribution in [0.5, 0.6) is 5.75 Å². The Morgan fingerprint density at radius 2 is 1.92 bits per heavy atom. The van der Waals surface area contributed by atoms with Crippen molar-refractivity contribution in [3.05, 3.63) is 33.8 Å². The van der Waals surface area contributed by atoms with Gasteiger partial charge < -0.3 is 14.6 Å². The van der Waals surface area contributed by atoms with Crippen LogP contribution in [0, 0.1) is 0 Å². The zero-order valence-electron chi connectivity index (χ0n) is 13.7. The van der Waals surface area contributed by atoms with Crippen molar-refractivity contribution in [3.8, 4) is 5.75 Å². The highest BCUT2D eigenvalue weighted by molar-refractivity contribution is 6.43. The molecule has 1 atom stereocenters. The fourth-order valence-electron chi connectivity index (χ4n) is 2.15. The van der Waals surface area contributed by atoms with E-state index in [-0.39, 0.29) is 33.5 Å². The van der Waals surface area contributed by atoms with Gasteiger partial charge in [-0.2, -0.15) is 13.2 Å². The highest BCUT2D eigenvalue weighted by Crippen LogP contribution is 2.43. The van der Waals surface area contributed by atoms with Crippen molar-refractivity contribution in [1.29, 1.82) is 0 Å². The van der Waals surface area contributed by atoms with Gasteiger partial charge in [-0.25, -0.2) is 4.79 Å². The van der Waals surface area contributed by atoms with Crippen molar-refractivity contribution in [2.24, 2.45) is 0 Å². The van der Waals surface area contributed by atoms with E-state index in [1.54, 1.807) is 0 Å². The van der Waals surface area contributed by atoms with E-state index in [1.807, 2.05) is 0 Å². The molecule has 0 heterocycles. The van der Waals surface area contributed by atoms with E-state index in [4.69, 9.17) is 27.9 Å². The Hall–Kier alpha value is -1.44. The van der Waals surface area contributed by atoms with Gasteiger partial charge in [0.15, 0.2) is 0 Å². The van der Waals surface area contributed by atoms with Crippen LogP contribution < -0.4 is 4.74 Å². The number of alkyl halides is 3. The van der Waals surface area contributed by atoms with Gasteiger partial charge in [0.25, 0.3) is 5.60 Å². The minimum Gasteiger partial charge on any atom is -0.494 e. The topological polar surface area (TPSA) is 55.8 Å². The lowest BCUT2D eigenvalue weighted by molar-refractivity contribution is -0.260. The molecule has 0 aliphatic heterocycles. The van der Waals surface area contributed by atoms with Crippen LogP contribution in [0.25, 0.3) is 5.57 Å². The van der Waals surface area contributed by atoms with Crippen LogP contribution in [0.15, 0.2) is 18.2 Å². The molecule has 0 fully saturated rings. The summed E-state index contributed by atoms with van der Waals surface area (Å²) in [6.45, 7) is 2.49. The molecular formula is C16H17Cl2F3O4. The minimum absolute atomic E-state index is 0.00713. The van der Waals surface area contributed by atoms with Gasteiger partial charge in [0.05, 0.1) is 18.7 Å². The second-order valence-electron chi connectivity index (χ2n) is 5.01. The first-order chi connectivity index (χ1) is 11.5. The molecule has 0 aliphatic carbocycles. The van der Waals surface area contributed by atoms with E-state index in [0.29, 0.717) is 0 Å². The van der Waals surface area contributed by atoms with E-state index in [9.17, 15) is 23.1 Å². The summed E-state index contributed by atoms with van der Waals surface area (Å²) in [7, 11) is 1.27. The summed E-state index contributed by atoms with van der Waals surface area (Å²) in [6.07, 6.45) is -4.99. The fourth-order valence-corrected chi connectivity index (χ4v) is 2.54. The molecule has 9 heteroatoms. The third-order valence-electron chi connectivity index (χ3n) is 3.48. The molecule has 1 aromatic rings. The fraction of sp³-hybridized carbons (Fsp3) is 0.438. The predicted molar refractivity (Wildman–Crippen MR) is 88.9 cm³/mol. The number of carbonyl (C=O) groups excluding carboxylic acids is 1. The lowest BCUT2D eigenvalue weighted by Gasteiger charge is -2.29. The molecule has 25 heavy (non-hydrogen) atoms. The molecule has 4 nitrogen and oxygen atoms in total. The normalized spacial score (nSPS) is 14.8. The number of rotatable bonds is 6. The van der Waals surface area contributed by atoms with Gasteiger partial charge in [0, 0.05) is 12.0 Å². The Bertz CT molecular complexity index is 674. The summed E-state index contributed by atoms with van der Waals surface area (Å²) in [6, 6.07) is 2.77. The number of ether oxygens (including phenoxy) is 2. The molecular weight excluding hydrogens is 384 g/mol. The number of benzene rings is 1. The van der Waals surface area contributed by atoms with Gasteiger partial charge in [-0.3, -0.25) is 0 Å². The average Bonchev–Trinajstić information content (AvgIpc) is 2.54. The molecule has 1 N–H and O–H groups in total. The summed E-state index contributed by atoms with van der Waals surface area (Å²) < 4.78 is 49.6. The zero-order valence-corrected chi connectivity index (χ0v) is 15.2. The monoisotopic (exact) mass is 400 g/mol. The third kappa shape index (κ3) is 4.40. The number of allylic oxidation sites excluding steroid dienone is 1. The van der Waals surface area contributed by atoms with E-state index in [0.717, 1.165) is 0 Å². The predicted octanol–water partition coefficient (Wildman–Crippen LogP) is 4.65. The van der Waals surface area contributed by atoms with Crippen molar-refractivity contribution < 1.29 is 32.5 Å². The van der Waals surface area contributed by atoms with Crippen LogP contribution in [-0.4, -0.2) is 36.6 Å². The number of hydrogen-bond donors (Lipinski definition) is 1. The standard InChI is InChI=1S/C16H17Cl2F3O4/c1-4-9(10-6-7-11(17)12(18)13(10)24-3)8-15(23,16(19,20)21)14(22)25-5-2/h4,6-7,23H,5,8H2,1-3H3/t15-/m1/s1. The molecule has 0 radical (unpaired) electrons. The first-order valence-corrected chi connectivity index (χ1v) is 7.92. The van der Waals surface area contributed by atoms with Gasteiger partial charge in [0.1, 0.15) is 10.8 Å². The molecule has 0 spiro atoms. The Balaban J connectivity index is 3.42. The maximum atomic E-state index is 13.4. The van der Waals surface area contributed by atoms with Gasteiger partial charge in [0.2, 0.25) is 0 Å². The minimum atomic E-state index is -5.24. The summed E-state index contributed by atoms with van der Waals surface area (Å²) in [5, 5.41) is 10.2. The van der Waals surface area contributed by atoms with Crippen molar-refractivity contribution in [2.45, 2.75) is 32.0 Å². The molecule has 140 valence electrons. The smallest absolute Gasteiger partial charge is 0.428 e. The van der Waals surface area contributed by atoms with E-state index in [2.05, 4.69) is 4.74 Å². The first kappa shape index (κ1) is 21.6. The van der Waals surface area contributed by atoms with E-state index in [1.165, 1.54) is 39.2 Å². The van der Waals surface area contributed by atoms with Gasteiger partial charge >= 0.3 is 12.1 Å². The maximum absolute atomic E-state index is 13.4. The van der Waals surface area contributed by atoms with E-state index < -0.39 is 24.2 Å². The number of carbonyl (C=O) groups is 1. The number of halogens is 5. The number of esters is 1. The van der Waals surface area contributed by atoms with Crippen LogP contribution in [0.2, 0.25) is 10.0 Å². The molecule has 0 unspecified atom stereocenters. The number of methoxy groups -OCH3 is 1. The Kier molecular flexibility index (Phi) is 7.17. The molecule has 0 saturated heterocycles. The molecule has 0 aliphatic rings. The third-order valence-corrected chi connectivity index (χ3v) is 4.26. The summed E-state index contributed by atoms with van der Waals surface area (Å²) in [5.41, 5.74) is -3.54. The van der Waals surface area contributed by atoms with Crippen molar-refractivity contribution in [3.63, 3.8) is 0 Å². The molecule has 0 aromatic heterocycles. The van der Waals surface area contributed by atoms with Crippen molar-refractivity contribution in [2.75, 3.05) is 13.7 Å². The van der Waals surface area contributed by atoms with Crippen LogP contribution >= 0.6 is 23.2 Å². The quantitative estimate of drug-likeness (QED) is 0.705. The van der Waals surface area contributed by atoms with Crippen molar-refractivity contribution in [1.82, 2.24) is 0 Å². The van der Waals surface area contributed by atoms with Gasteiger partial charge in [-0.15, -0.1) is 0 Å². The second kappa shape index (κ2) is 8.29. The molecule has 1 aromatic carbocycles. The summed E-state index contributed by atoms with van der Waals surface area (Å²) >= 11 is 11.9. The molecule has 1 rings (SSSR count). The highest BCUT2D eigenvalue weighted by atomic mass is 35.5. The largest absolute Gasteiger partial charge is 0.494 e. The second-order valence-corrected chi connectivity index (χ2v) is 5.80. The lowest BCUT2D eigenvalue weighted by atomic mass is 9.89. The lowest BCUT2D eigenvalue weighted by Crippen LogP contribution is -2.53. The van der Waals surface area contributed by atoms with Crippen LogP contribution in [0.1, 0.15) is 25.8 Å². The van der Waals surface area contributed by atoms with Gasteiger partial charge in [-0.05, 0) is 31.6 Å². The summed E-state index contributed by atoms with van der Waals surface area (Å²) in [4.78, 5) is 11.8. The highest BCUT2D eigenvalue weighted by Gasteiger charge is 2.61. The number of hydrogen-bond acceptors (Lipinski definition) is 4. The average molecular weight is 401 g/mol. The van der Waals surface area contributed by atoms with Crippen LogP contribution in [0.3, 0.4) is 0 Å². The van der Waals surface area contributed by atoms with Crippen molar-refractivity contribution >= 4 is 34.7 Å². The zero-order chi connectivity index (χ0) is 19.4. The molecule has 0 saturated carbocycles. The first-order valence-electron chi connectivity index (χ1n) is 7.17. The number of aliphatic hydroxyl groups is 1. The Morgan fingerprint density at radius 1 is 1.32 bits per heavy atom. The SMILES string of the molecule is CC=C(C[C@@](O)(C(=O)OCC)C(F)(F)F)c1ccc(Cl)c(Cl)c1OC. The maximum Gasteiger partial charge on any atom is 0.428 e. The Morgan fingerprint density at radius 3 is 2.36 bits per heavy atom. The molecule has 0 amide bonds. The van der Waals surface area contributed by atoms with E-state index >= 15 is 0 Å². The van der Waals surface area contributed by atoms with Crippen LogP contribution in [0.4, 0.5) is 13.2 Å². The molecule has 0 bridgehead atoms. The summed E-state index contributed by atoms with van der Waals surface area (Å²) in [5.74, 6) is -1.74. The van der Waals surface area contributed by atoms with Gasteiger partial charge in [-0.1, -0.05) is 29.3 Å². The Labute approximate surface area is 153 Å².